The fraction of sp³-hybridized carbons (Fsp3) is 0.333. The van der Waals surface area contributed by atoms with E-state index in [0.717, 1.165) is 18.5 Å². The van der Waals surface area contributed by atoms with Crippen LogP contribution in [-0.2, 0) is 0 Å². The van der Waals surface area contributed by atoms with Crippen LogP contribution in [0.5, 0.6) is 0 Å². The molecule has 1 aromatic carbocycles. The number of hydrogen-bond donors (Lipinski definition) is 1. The Morgan fingerprint density at radius 1 is 1.31 bits per heavy atom. The maximum atomic E-state index is 5.23. The van der Waals surface area contributed by atoms with E-state index in [4.69, 9.17) is 4.52 Å². The zero-order valence-corrected chi connectivity index (χ0v) is 9.10. The molecule has 2 heterocycles. The highest BCUT2D eigenvalue weighted by atomic mass is 16.5. The van der Waals surface area contributed by atoms with Gasteiger partial charge in [-0.2, -0.15) is 4.98 Å². The van der Waals surface area contributed by atoms with Crippen molar-refractivity contribution in [3.05, 3.63) is 35.7 Å². The van der Waals surface area contributed by atoms with Crippen molar-refractivity contribution in [2.45, 2.75) is 19.4 Å². The SMILES string of the molecule is Cc1ccc(-c2noc([C@@H]3CCN3)n2)cc1. The third kappa shape index (κ3) is 1.61. The first-order chi connectivity index (χ1) is 7.83. The number of aromatic nitrogens is 2. The van der Waals surface area contributed by atoms with Gasteiger partial charge in [-0.3, -0.25) is 0 Å². The largest absolute Gasteiger partial charge is 0.337 e. The van der Waals surface area contributed by atoms with Crippen LogP contribution in [0.1, 0.15) is 23.9 Å². The molecule has 1 atom stereocenters. The Morgan fingerprint density at radius 3 is 2.69 bits per heavy atom. The Balaban J connectivity index is 1.88. The lowest BCUT2D eigenvalue weighted by molar-refractivity contribution is 0.273. The van der Waals surface area contributed by atoms with Crippen LogP contribution in [0.2, 0.25) is 0 Å². The predicted molar refractivity (Wildman–Crippen MR) is 59.8 cm³/mol. The Kier molecular flexibility index (Phi) is 2.22. The lowest BCUT2D eigenvalue weighted by Gasteiger charge is -2.23. The summed E-state index contributed by atoms with van der Waals surface area (Å²) in [5, 5.41) is 7.23. The molecule has 1 saturated heterocycles. The molecule has 4 heteroatoms. The number of rotatable bonds is 2. The molecule has 1 N–H and O–H groups in total. The maximum absolute atomic E-state index is 5.23. The van der Waals surface area contributed by atoms with Crippen molar-refractivity contribution in [3.63, 3.8) is 0 Å². The summed E-state index contributed by atoms with van der Waals surface area (Å²) < 4.78 is 5.23. The van der Waals surface area contributed by atoms with E-state index in [0.29, 0.717) is 11.7 Å². The van der Waals surface area contributed by atoms with Crippen LogP contribution in [0.15, 0.2) is 28.8 Å². The first-order valence-electron chi connectivity index (χ1n) is 5.47. The minimum Gasteiger partial charge on any atom is -0.337 e. The normalized spacial score (nSPS) is 19.4. The Labute approximate surface area is 93.7 Å². The summed E-state index contributed by atoms with van der Waals surface area (Å²) in [4.78, 5) is 4.39. The molecule has 16 heavy (non-hydrogen) atoms. The molecule has 82 valence electrons. The van der Waals surface area contributed by atoms with Gasteiger partial charge in [0, 0.05) is 5.56 Å². The topological polar surface area (TPSA) is 51.0 Å². The maximum Gasteiger partial charge on any atom is 0.244 e. The first-order valence-corrected chi connectivity index (χ1v) is 5.47. The molecule has 0 aliphatic carbocycles. The number of aryl methyl sites for hydroxylation is 1. The fourth-order valence-electron chi connectivity index (χ4n) is 1.70. The zero-order valence-electron chi connectivity index (χ0n) is 9.10. The summed E-state index contributed by atoms with van der Waals surface area (Å²) in [7, 11) is 0. The minimum absolute atomic E-state index is 0.256. The van der Waals surface area contributed by atoms with Gasteiger partial charge in [0.05, 0.1) is 6.04 Å². The molecular weight excluding hydrogens is 202 g/mol. The molecule has 1 aromatic heterocycles. The molecule has 1 fully saturated rings. The molecular formula is C12H13N3O. The Hall–Kier alpha value is -1.68. The van der Waals surface area contributed by atoms with E-state index >= 15 is 0 Å². The van der Waals surface area contributed by atoms with Crippen LogP contribution in [0, 0.1) is 6.92 Å². The molecule has 1 aliphatic rings. The number of benzene rings is 1. The highest BCUT2D eigenvalue weighted by Gasteiger charge is 2.24. The Bertz CT molecular complexity index is 485. The van der Waals surface area contributed by atoms with Crippen molar-refractivity contribution >= 4 is 0 Å². The van der Waals surface area contributed by atoms with Gasteiger partial charge >= 0.3 is 0 Å². The summed E-state index contributed by atoms with van der Waals surface area (Å²) in [6.07, 6.45) is 1.08. The average molecular weight is 215 g/mol. The van der Waals surface area contributed by atoms with Gasteiger partial charge in [0.15, 0.2) is 0 Å². The minimum atomic E-state index is 0.256. The average Bonchev–Trinajstić information content (AvgIpc) is 2.65. The second-order valence-corrected chi connectivity index (χ2v) is 4.12. The highest BCUT2D eigenvalue weighted by molar-refractivity contribution is 5.54. The van der Waals surface area contributed by atoms with Gasteiger partial charge in [-0.15, -0.1) is 0 Å². The molecule has 1 aliphatic heterocycles. The molecule has 0 saturated carbocycles. The predicted octanol–water partition coefficient (Wildman–Crippen LogP) is 2.08. The molecule has 0 radical (unpaired) electrons. The lowest BCUT2D eigenvalue weighted by atomic mass is 10.1. The summed E-state index contributed by atoms with van der Waals surface area (Å²) in [6, 6.07) is 8.38. The van der Waals surface area contributed by atoms with Crippen molar-refractivity contribution < 1.29 is 4.52 Å². The van der Waals surface area contributed by atoms with Crippen LogP contribution in [0.25, 0.3) is 11.4 Å². The highest BCUT2D eigenvalue weighted by Crippen LogP contribution is 2.24. The van der Waals surface area contributed by atoms with Gasteiger partial charge in [-0.05, 0) is 19.9 Å². The summed E-state index contributed by atoms with van der Waals surface area (Å²) in [5.41, 5.74) is 2.23. The molecule has 4 nitrogen and oxygen atoms in total. The molecule has 0 bridgehead atoms. The van der Waals surface area contributed by atoms with Crippen LogP contribution in [0.3, 0.4) is 0 Å². The quantitative estimate of drug-likeness (QED) is 0.833. The number of nitrogens with one attached hydrogen (secondary N) is 1. The second kappa shape index (κ2) is 3.72. The zero-order chi connectivity index (χ0) is 11.0. The van der Waals surface area contributed by atoms with Gasteiger partial charge in [0.25, 0.3) is 0 Å². The molecule has 2 aromatic rings. The van der Waals surface area contributed by atoms with E-state index in [9.17, 15) is 0 Å². The van der Waals surface area contributed by atoms with E-state index in [1.165, 1.54) is 5.56 Å². The van der Waals surface area contributed by atoms with E-state index in [1.807, 2.05) is 24.3 Å². The van der Waals surface area contributed by atoms with Crippen molar-refractivity contribution in [2.75, 3.05) is 6.54 Å². The third-order valence-electron chi connectivity index (χ3n) is 2.87. The second-order valence-electron chi connectivity index (χ2n) is 4.12. The lowest BCUT2D eigenvalue weighted by Crippen LogP contribution is -2.35. The van der Waals surface area contributed by atoms with Gasteiger partial charge < -0.3 is 9.84 Å². The number of hydrogen-bond acceptors (Lipinski definition) is 4. The third-order valence-corrected chi connectivity index (χ3v) is 2.87. The summed E-state index contributed by atoms with van der Waals surface area (Å²) in [6.45, 7) is 3.09. The molecule has 0 unspecified atom stereocenters. The smallest absolute Gasteiger partial charge is 0.244 e. The van der Waals surface area contributed by atoms with E-state index in [-0.39, 0.29) is 6.04 Å². The van der Waals surface area contributed by atoms with Crippen molar-refractivity contribution in [1.82, 2.24) is 15.5 Å². The van der Waals surface area contributed by atoms with Crippen LogP contribution < -0.4 is 5.32 Å². The Morgan fingerprint density at radius 2 is 2.06 bits per heavy atom. The first kappa shape index (κ1) is 9.54. The fourth-order valence-corrected chi connectivity index (χ4v) is 1.70. The van der Waals surface area contributed by atoms with Gasteiger partial charge in [-0.25, -0.2) is 0 Å². The van der Waals surface area contributed by atoms with Gasteiger partial charge in [0.1, 0.15) is 0 Å². The van der Waals surface area contributed by atoms with Gasteiger partial charge in [0.2, 0.25) is 11.7 Å². The van der Waals surface area contributed by atoms with E-state index in [2.05, 4.69) is 22.4 Å². The molecule has 0 spiro atoms. The van der Waals surface area contributed by atoms with Crippen molar-refractivity contribution in [2.24, 2.45) is 0 Å². The van der Waals surface area contributed by atoms with E-state index in [1.54, 1.807) is 0 Å². The van der Waals surface area contributed by atoms with Crippen LogP contribution >= 0.6 is 0 Å². The van der Waals surface area contributed by atoms with Crippen LogP contribution in [0.4, 0.5) is 0 Å². The van der Waals surface area contributed by atoms with Gasteiger partial charge in [-0.1, -0.05) is 35.0 Å². The summed E-state index contributed by atoms with van der Waals surface area (Å²) >= 11 is 0. The molecule has 3 rings (SSSR count). The monoisotopic (exact) mass is 215 g/mol. The molecule has 0 amide bonds. The van der Waals surface area contributed by atoms with Crippen molar-refractivity contribution in [1.29, 1.82) is 0 Å². The van der Waals surface area contributed by atoms with E-state index < -0.39 is 0 Å². The van der Waals surface area contributed by atoms with Crippen molar-refractivity contribution in [3.8, 4) is 11.4 Å². The summed E-state index contributed by atoms with van der Waals surface area (Å²) in [5.74, 6) is 1.37. The number of nitrogens with zero attached hydrogens (tertiary/aromatic N) is 2. The standard InChI is InChI=1S/C12H13N3O/c1-8-2-4-9(5-3-8)11-14-12(16-15-11)10-6-7-13-10/h2-5,10,13H,6-7H2,1H3/t10-/m0/s1. The van der Waals surface area contributed by atoms with Crippen LogP contribution in [-0.4, -0.2) is 16.7 Å².